The van der Waals surface area contributed by atoms with Gasteiger partial charge in [-0.1, -0.05) is 194 Å². The van der Waals surface area contributed by atoms with Gasteiger partial charge in [0, 0.05) is 42.6 Å². The number of hydrogen-bond acceptors (Lipinski definition) is 7. The highest BCUT2D eigenvalue weighted by atomic mass is 32.2. The van der Waals surface area contributed by atoms with Crippen molar-refractivity contribution in [3.05, 3.63) is 251 Å². The number of nitrogens with zero attached hydrogens (tertiary/aromatic N) is 2. The van der Waals surface area contributed by atoms with Crippen molar-refractivity contribution in [2.24, 2.45) is 5.92 Å². The number of esters is 1. The van der Waals surface area contributed by atoms with Crippen molar-refractivity contribution < 1.29 is 18.7 Å². The van der Waals surface area contributed by atoms with E-state index in [0.29, 0.717) is 24.9 Å². The maximum atomic E-state index is 14.3. The van der Waals surface area contributed by atoms with Gasteiger partial charge in [0.05, 0.1) is 29.1 Å². The number of piperidine rings is 1. The molecule has 0 unspecified atom stereocenters. The topological polar surface area (TPSA) is 61.9 Å². The van der Waals surface area contributed by atoms with E-state index < -0.39 is 9.49 Å². The molecule has 7 aromatic rings. The molecule has 0 aliphatic carbocycles. The number of thioether (sulfide) groups is 2. The molecule has 2 saturated heterocycles. The van der Waals surface area contributed by atoms with Gasteiger partial charge in [-0.2, -0.15) is 0 Å². The third-order valence-corrected chi connectivity index (χ3v) is 17.7. The van der Waals surface area contributed by atoms with Gasteiger partial charge in [0.2, 0.25) is 5.91 Å². The summed E-state index contributed by atoms with van der Waals surface area (Å²) in [5.41, 5.74) is 8.21. The summed E-state index contributed by atoms with van der Waals surface area (Å²) in [5.74, 6) is 0.653. The third kappa shape index (κ3) is 11.2. The van der Waals surface area contributed by atoms with Crippen LogP contribution >= 0.6 is 23.5 Å². The molecule has 7 aromatic carbocycles. The average Bonchev–Trinajstić information content (AvgIpc) is 3.70. The van der Waals surface area contributed by atoms with Gasteiger partial charge in [0.15, 0.2) is 0 Å². The smallest absolute Gasteiger partial charge is 0.310 e. The van der Waals surface area contributed by atoms with E-state index in [9.17, 15) is 14.0 Å². The van der Waals surface area contributed by atoms with Crippen LogP contribution in [0.25, 0.3) is 0 Å². The first kappa shape index (κ1) is 50.0. The highest BCUT2D eigenvalue weighted by molar-refractivity contribution is 8.00. The number of amides is 1. The first-order chi connectivity index (χ1) is 34.9. The summed E-state index contributed by atoms with van der Waals surface area (Å²) >= 11 is 3.77. The lowest BCUT2D eigenvalue weighted by Crippen LogP contribution is -2.51. The van der Waals surface area contributed by atoms with Crippen molar-refractivity contribution in [1.82, 2.24) is 15.1 Å². The molecule has 2 fully saturated rings. The zero-order valence-electron chi connectivity index (χ0n) is 40.5. The van der Waals surface area contributed by atoms with Crippen molar-refractivity contribution in [2.75, 3.05) is 51.3 Å². The maximum absolute atomic E-state index is 14.3. The van der Waals surface area contributed by atoms with E-state index in [2.05, 4.69) is 197 Å². The number of ether oxygens (including phenoxy) is 1. The Morgan fingerprint density at radius 3 is 1.48 bits per heavy atom. The molecule has 4 atom stereocenters. The van der Waals surface area contributed by atoms with Gasteiger partial charge in [-0.15, -0.1) is 23.5 Å². The van der Waals surface area contributed by atoms with Crippen LogP contribution in [-0.4, -0.2) is 85.1 Å². The van der Waals surface area contributed by atoms with Crippen LogP contribution in [0.15, 0.2) is 206 Å². The molecule has 6 nitrogen and oxygen atoms in total. The second kappa shape index (κ2) is 24.0. The molecular formula is C62H64FN3O3S2. The van der Waals surface area contributed by atoms with Gasteiger partial charge in [-0.05, 0) is 89.8 Å². The summed E-state index contributed by atoms with van der Waals surface area (Å²) in [7, 11) is 1.48. The Morgan fingerprint density at radius 1 is 0.606 bits per heavy atom. The van der Waals surface area contributed by atoms with Gasteiger partial charge in [-0.25, -0.2) is 4.39 Å². The second-order valence-electron chi connectivity index (χ2n) is 18.7. The summed E-state index contributed by atoms with van der Waals surface area (Å²) < 4.78 is 18.5. The minimum atomic E-state index is -0.478. The van der Waals surface area contributed by atoms with E-state index >= 15 is 0 Å². The molecule has 71 heavy (non-hydrogen) atoms. The Hall–Kier alpha value is -5.97. The van der Waals surface area contributed by atoms with E-state index in [1.54, 1.807) is 0 Å². The Labute approximate surface area is 428 Å². The number of hydrogen-bond donors (Lipinski definition) is 1. The molecule has 1 amide bonds. The highest BCUT2D eigenvalue weighted by Gasteiger charge is 2.51. The second-order valence-corrected chi connectivity index (χ2v) is 21.3. The van der Waals surface area contributed by atoms with Crippen molar-refractivity contribution >= 4 is 35.4 Å². The summed E-state index contributed by atoms with van der Waals surface area (Å²) in [6, 6.07) is 71.4. The molecule has 2 aliphatic rings. The first-order valence-electron chi connectivity index (χ1n) is 25.1. The number of rotatable bonds is 22. The Bertz CT molecular complexity index is 2540. The zero-order valence-corrected chi connectivity index (χ0v) is 42.2. The van der Waals surface area contributed by atoms with Gasteiger partial charge in [0.1, 0.15) is 5.82 Å². The molecule has 2 heterocycles. The third-order valence-electron chi connectivity index (χ3n) is 14.6. The maximum Gasteiger partial charge on any atom is 0.310 e. The molecule has 0 radical (unpaired) electrons. The van der Waals surface area contributed by atoms with E-state index in [1.165, 1.54) is 52.6 Å². The predicted octanol–water partition coefficient (Wildman–Crippen LogP) is 12.2. The highest BCUT2D eigenvalue weighted by Crippen LogP contribution is 2.51. The summed E-state index contributed by atoms with van der Waals surface area (Å²) in [5, 5.41) is 3.34. The van der Waals surface area contributed by atoms with Gasteiger partial charge in [0.25, 0.3) is 0 Å². The van der Waals surface area contributed by atoms with Crippen molar-refractivity contribution in [3.8, 4) is 0 Å². The van der Waals surface area contributed by atoms with Crippen LogP contribution in [0.5, 0.6) is 0 Å². The summed E-state index contributed by atoms with van der Waals surface area (Å²) in [4.78, 5) is 32.7. The Morgan fingerprint density at radius 2 is 1.04 bits per heavy atom. The number of fused-ring (bicyclic) bond motifs is 2. The largest absolute Gasteiger partial charge is 0.469 e. The standard InChI is InChI=1S/C62H64FN3O3S2/c1-69-60(68)59-56(47-33-35-54(63)36-34-47)45-55-37-38-57(59)66(55)41-20-40-65(42-44-71-62(51-27-14-5-15-28-51,52-29-16-6-17-30-52)53-31-18-7-19-32-53)46-58(67)64-39-43-70-61(48-21-8-2-9-22-48,49-23-10-3-11-24-49)50-25-12-4-13-26-50/h2-19,21-36,55-57,59H,20,37-46H2,1H3,(H,64,67)/t55-,56+,57+,59-/m0/s1. The van der Waals surface area contributed by atoms with Crippen molar-refractivity contribution in [3.63, 3.8) is 0 Å². The number of halogens is 1. The van der Waals surface area contributed by atoms with Crippen LogP contribution in [0.4, 0.5) is 4.39 Å². The minimum absolute atomic E-state index is 0.00621. The summed E-state index contributed by atoms with van der Waals surface area (Å²) in [6.45, 7) is 3.01. The number of carbonyl (C=O) groups is 2. The van der Waals surface area contributed by atoms with E-state index in [4.69, 9.17) is 4.74 Å². The van der Waals surface area contributed by atoms with Crippen LogP contribution in [-0.2, 0) is 23.8 Å². The van der Waals surface area contributed by atoms with Crippen LogP contribution in [0.3, 0.4) is 0 Å². The van der Waals surface area contributed by atoms with E-state index in [-0.39, 0.29) is 42.1 Å². The fourth-order valence-corrected chi connectivity index (χ4v) is 14.4. The Balaban J connectivity index is 0.933. The molecule has 364 valence electrons. The van der Waals surface area contributed by atoms with E-state index in [0.717, 1.165) is 50.1 Å². The van der Waals surface area contributed by atoms with Gasteiger partial charge in [-0.3, -0.25) is 19.4 Å². The van der Waals surface area contributed by atoms with Gasteiger partial charge < -0.3 is 10.1 Å². The molecule has 9 heteroatoms. The molecule has 9 rings (SSSR count). The SMILES string of the molecule is COC(=O)[C@H]1[C@@H](c2ccc(F)cc2)C[C@@H]2CC[C@H]1N2CCCN(CCSC(c1ccccc1)(c1ccccc1)c1ccccc1)CC(=O)NCCSC(c1ccccc1)(c1ccccc1)c1ccccc1. The lowest BCUT2D eigenvalue weighted by Gasteiger charge is -2.44. The van der Waals surface area contributed by atoms with Crippen LogP contribution in [0.1, 0.15) is 70.5 Å². The average molecular weight is 982 g/mol. The molecule has 2 aliphatic heterocycles. The van der Waals surface area contributed by atoms with Gasteiger partial charge >= 0.3 is 5.97 Å². The number of methoxy groups -OCH3 is 1. The number of benzene rings is 7. The molecular weight excluding hydrogens is 918 g/mol. The normalized spacial score (nSPS) is 18.0. The fourth-order valence-electron chi connectivity index (χ4n) is 11.4. The number of carbonyl (C=O) groups excluding carboxylic acids is 2. The monoisotopic (exact) mass is 981 g/mol. The van der Waals surface area contributed by atoms with Crippen LogP contribution < -0.4 is 5.32 Å². The van der Waals surface area contributed by atoms with Crippen molar-refractivity contribution in [2.45, 2.75) is 53.2 Å². The molecule has 0 aromatic heterocycles. The lowest BCUT2D eigenvalue weighted by atomic mass is 9.76. The lowest BCUT2D eigenvalue weighted by molar-refractivity contribution is -0.150. The Kier molecular flexibility index (Phi) is 16.9. The fraction of sp³-hybridized carbons (Fsp3) is 0.290. The molecule has 0 spiro atoms. The first-order valence-corrected chi connectivity index (χ1v) is 27.1. The molecule has 0 saturated carbocycles. The van der Waals surface area contributed by atoms with Crippen LogP contribution in [0, 0.1) is 11.7 Å². The van der Waals surface area contributed by atoms with E-state index in [1.807, 2.05) is 35.7 Å². The van der Waals surface area contributed by atoms with Crippen molar-refractivity contribution in [1.29, 1.82) is 0 Å². The molecule has 2 bridgehead atoms. The predicted molar refractivity (Wildman–Crippen MR) is 290 cm³/mol. The quantitative estimate of drug-likeness (QED) is 0.0412. The molecule has 1 N–H and O–H groups in total. The zero-order chi connectivity index (χ0) is 48.9. The minimum Gasteiger partial charge on any atom is -0.469 e. The number of nitrogens with one attached hydrogen (secondary N) is 1. The summed E-state index contributed by atoms with van der Waals surface area (Å²) in [6.07, 6.45) is 3.59. The van der Waals surface area contributed by atoms with Crippen LogP contribution in [0.2, 0.25) is 0 Å².